The normalized spacial score (nSPS) is 10.9. The number of nitrogens with zero attached hydrogens (tertiary/aromatic N) is 1. The highest BCUT2D eigenvalue weighted by atomic mass is 79.9. The molecule has 2 rings (SSSR count). The third-order valence-electron chi connectivity index (χ3n) is 2.82. The molecular formula is C14H16BrN3OS. The molecule has 0 atom stereocenters. The highest BCUT2D eigenvalue weighted by Gasteiger charge is 2.12. The topological polar surface area (TPSA) is 72.4 Å². The maximum atomic E-state index is 11.2. The van der Waals surface area contributed by atoms with Gasteiger partial charge in [-0.3, -0.25) is 9.69 Å². The fourth-order valence-corrected chi connectivity index (χ4v) is 3.43. The van der Waals surface area contributed by atoms with E-state index in [1.807, 2.05) is 40.6 Å². The van der Waals surface area contributed by atoms with Crippen LogP contribution >= 0.6 is 27.3 Å². The molecule has 1 heterocycles. The van der Waals surface area contributed by atoms with Gasteiger partial charge in [0.1, 0.15) is 0 Å². The van der Waals surface area contributed by atoms with Crippen LogP contribution in [0.1, 0.15) is 10.4 Å². The minimum atomic E-state index is -0.326. The summed E-state index contributed by atoms with van der Waals surface area (Å²) in [6, 6.07) is 9.66. The van der Waals surface area contributed by atoms with Crippen molar-refractivity contribution in [3.05, 3.63) is 50.6 Å². The molecule has 0 fully saturated rings. The second kappa shape index (κ2) is 6.88. The van der Waals surface area contributed by atoms with E-state index in [9.17, 15) is 4.79 Å². The molecule has 0 bridgehead atoms. The zero-order valence-electron chi connectivity index (χ0n) is 10.9. The van der Waals surface area contributed by atoms with E-state index in [-0.39, 0.29) is 12.5 Å². The van der Waals surface area contributed by atoms with Crippen LogP contribution in [0.25, 0.3) is 0 Å². The van der Waals surface area contributed by atoms with Crippen LogP contribution in [0.3, 0.4) is 0 Å². The van der Waals surface area contributed by atoms with Crippen LogP contribution in [0, 0.1) is 0 Å². The molecule has 1 amide bonds. The number of amides is 1. The molecule has 0 aliphatic rings. The van der Waals surface area contributed by atoms with E-state index in [1.165, 1.54) is 4.88 Å². The fourth-order valence-electron chi connectivity index (χ4n) is 1.91. The van der Waals surface area contributed by atoms with Crippen molar-refractivity contribution in [3.8, 4) is 0 Å². The van der Waals surface area contributed by atoms with Gasteiger partial charge in [-0.2, -0.15) is 0 Å². The Morgan fingerprint density at radius 3 is 2.45 bits per heavy atom. The molecular weight excluding hydrogens is 338 g/mol. The summed E-state index contributed by atoms with van der Waals surface area (Å²) in [4.78, 5) is 14.4. The molecule has 2 aromatic rings. The molecule has 0 radical (unpaired) electrons. The number of rotatable bonds is 6. The van der Waals surface area contributed by atoms with Gasteiger partial charge < -0.3 is 11.5 Å². The zero-order chi connectivity index (χ0) is 14.5. The quantitative estimate of drug-likeness (QED) is 0.784. The first-order chi connectivity index (χ1) is 9.54. The molecule has 0 saturated heterocycles. The second-order valence-corrected chi connectivity index (χ2v) is 6.40. The molecule has 4 nitrogen and oxygen atoms in total. The van der Waals surface area contributed by atoms with Crippen LogP contribution in [-0.2, 0) is 17.9 Å². The van der Waals surface area contributed by atoms with Crippen molar-refractivity contribution in [1.29, 1.82) is 0 Å². The molecule has 0 aliphatic carbocycles. The molecule has 20 heavy (non-hydrogen) atoms. The van der Waals surface area contributed by atoms with Crippen molar-refractivity contribution in [2.45, 2.75) is 13.1 Å². The maximum Gasteiger partial charge on any atom is 0.231 e. The van der Waals surface area contributed by atoms with Gasteiger partial charge in [0.2, 0.25) is 5.91 Å². The summed E-state index contributed by atoms with van der Waals surface area (Å²) < 4.78 is 1.06. The Hall–Kier alpha value is -1.37. The molecule has 1 aromatic heterocycles. The highest BCUT2D eigenvalue weighted by molar-refractivity contribution is 9.10. The van der Waals surface area contributed by atoms with E-state index >= 15 is 0 Å². The standard InChI is InChI=1S/C14H16BrN3OS/c15-12-5-6-20-13(12)8-18(9-14(17)19)7-10-1-3-11(16)4-2-10/h1-6H,7-9,16H2,(H2,17,19). The van der Waals surface area contributed by atoms with Gasteiger partial charge in [-0.1, -0.05) is 12.1 Å². The summed E-state index contributed by atoms with van der Waals surface area (Å²) in [5, 5.41) is 2.02. The lowest BCUT2D eigenvalue weighted by molar-refractivity contribution is -0.119. The summed E-state index contributed by atoms with van der Waals surface area (Å²) in [6.07, 6.45) is 0. The van der Waals surface area contributed by atoms with Crippen molar-refractivity contribution in [1.82, 2.24) is 4.90 Å². The number of nitrogens with two attached hydrogens (primary N) is 2. The lowest BCUT2D eigenvalue weighted by Gasteiger charge is -2.20. The molecule has 0 spiro atoms. The average molecular weight is 354 g/mol. The molecule has 4 N–H and O–H groups in total. The third-order valence-corrected chi connectivity index (χ3v) is 4.73. The minimum absolute atomic E-state index is 0.231. The predicted octanol–water partition coefficient (Wildman–Crippen LogP) is 2.58. The third kappa shape index (κ3) is 4.33. The van der Waals surface area contributed by atoms with Gasteiger partial charge in [-0.25, -0.2) is 0 Å². The van der Waals surface area contributed by atoms with Crippen LogP contribution in [0.2, 0.25) is 0 Å². The largest absolute Gasteiger partial charge is 0.399 e. The van der Waals surface area contributed by atoms with E-state index < -0.39 is 0 Å². The summed E-state index contributed by atoms with van der Waals surface area (Å²) in [6.45, 7) is 1.58. The number of primary amides is 1. The van der Waals surface area contributed by atoms with Gasteiger partial charge in [0.15, 0.2) is 0 Å². The van der Waals surface area contributed by atoms with Gasteiger partial charge >= 0.3 is 0 Å². The molecule has 0 saturated carbocycles. The van der Waals surface area contributed by atoms with E-state index in [1.54, 1.807) is 11.3 Å². The van der Waals surface area contributed by atoms with Crippen molar-refractivity contribution < 1.29 is 4.79 Å². The van der Waals surface area contributed by atoms with Gasteiger partial charge in [0.25, 0.3) is 0 Å². The summed E-state index contributed by atoms with van der Waals surface area (Å²) in [5.74, 6) is -0.326. The Labute approximate surface area is 130 Å². The van der Waals surface area contributed by atoms with Crippen LogP contribution < -0.4 is 11.5 Å². The first-order valence-corrected chi connectivity index (χ1v) is 7.79. The number of carbonyl (C=O) groups excluding carboxylic acids is 1. The van der Waals surface area contributed by atoms with Crippen LogP contribution in [0.15, 0.2) is 40.2 Å². The number of hydrogen-bond acceptors (Lipinski definition) is 4. The van der Waals surface area contributed by atoms with Crippen molar-refractivity contribution in [3.63, 3.8) is 0 Å². The SMILES string of the molecule is NC(=O)CN(Cc1ccc(N)cc1)Cc1sccc1Br. The predicted molar refractivity (Wildman–Crippen MR) is 86.2 cm³/mol. The van der Waals surface area contributed by atoms with Crippen LogP contribution in [0.4, 0.5) is 5.69 Å². The maximum absolute atomic E-state index is 11.2. The number of anilines is 1. The fraction of sp³-hybridized carbons (Fsp3) is 0.214. The molecule has 1 aromatic carbocycles. The van der Waals surface area contributed by atoms with Gasteiger partial charge in [-0.05, 0) is 45.1 Å². The molecule has 106 valence electrons. The second-order valence-electron chi connectivity index (χ2n) is 4.54. The van der Waals surface area contributed by atoms with Crippen LogP contribution in [-0.4, -0.2) is 17.4 Å². The lowest BCUT2D eigenvalue weighted by atomic mass is 10.2. The van der Waals surface area contributed by atoms with Crippen molar-refractivity contribution in [2.75, 3.05) is 12.3 Å². The Kier molecular flexibility index (Phi) is 5.17. The minimum Gasteiger partial charge on any atom is -0.399 e. The summed E-state index contributed by atoms with van der Waals surface area (Å²) in [7, 11) is 0. The van der Waals surface area contributed by atoms with Crippen LogP contribution in [0.5, 0.6) is 0 Å². The van der Waals surface area contributed by atoms with Crippen molar-refractivity contribution in [2.24, 2.45) is 5.73 Å². The number of halogens is 1. The zero-order valence-corrected chi connectivity index (χ0v) is 13.3. The van der Waals surface area contributed by atoms with E-state index in [0.717, 1.165) is 15.7 Å². The molecule has 0 aliphatic heterocycles. The van der Waals surface area contributed by atoms with Crippen molar-refractivity contribution >= 4 is 38.9 Å². The van der Waals surface area contributed by atoms with Gasteiger partial charge in [-0.15, -0.1) is 11.3 Å². The average Bonchev–Trinajstić information content (AvgIpc) is 2.77. The lowest BCUT2D eigenvalue weighted by Crippen LogP contribution is -2.32. The monoisotopic (exact) mass is 353 g/mol. The Morgan fingerprint density at radius 2 is 1.90 bits per heavy atom. The molecule has 0 unspecified atom stereocenters. The number of thiophene rings is 1. The number of carbonyl (C=O) groups is 1. The Morgan fingerprint density at radius 1 is 1.20 bits per heavy atom. The Bertz CT molecular complexity index is 582. The summed E-state index contributed by atoms with van der Waals surface area (Å²) >= 11 is 5.16. The first kappa shape index (κ1) is 15.0. The Balaban J connectivity index is 2.09. The van der Waals surface area contributed by atoms with E-state index in [0.29, 0.717) is 13.1 Å². The number of nitrogen functional groups attached to an aromatic ring is 1. The molecule has 6 heteroatoms. The van der Waals surface area contributed by atoms with E-state index in [2.05, 4.69) is 15.9 Å². The number of benzene rings is 1. The van der Waals surface area contributed by atoms with Gasteiger partial charge in [0, 0.05) is 28.1 Å². The smallest absolute Gasteiger partial charge is 0.231 e. The van der Waals surface area contributed by atoms with E-state index in [4.69, 9.17) is 11.5 Å². The first-order valence-electron chi connectivity index (χ1n) is 6.11. The summed E-state index contributed by atoms with van der Waals surface area (Å²) in [5.41, 5.74) is 12.8. The van der Waals surface area contributed by atoms with Gasteiger partial charge in [0.05, 0.1) is 6.54 Å². The number of hydrogen-bond donors (Lipinski definition) is 2. The highest BCUT2D eigenvalue weighted by Crippen LogP contribution is 2.24.